The Kier molecular flexibility index (Phi) is 2.51. The number of nitro benzene ring substituents is 1. The number of carboxylic acid groups (broad SMARTS) is 1. The highest BCUT2D eigenvalue weighted by Crippen LogP contribution is 2.23. The van der Waals surface area contributed by atoms with Gasteiger partial charge in [-0.1, -0.05) is 6.07 Å². The zero-order valence-electron chi connectivity index (χ0n) is 7.73. The fraction of sp³-hybridized carbons (Fsp3) is 0.222. The first-order valence-electron chi connectivity index (χ1n) is 3.91. The predicted octanol–water partition coefficient (Wildman–Crippen LogP) is 0.575. The van der Waals surface area contributed by atoms with Crippen molar-refractivity contribution in [3.05, 3.63) is 38.9 Å². The lowest BCUT2D eigenvalue weighted by Crippen LogP contribution is -2.24. The average Bonchev–Trinajstić information content (AvgIpc) is 2.02. The molecule has 0 saturated carbocycles. The van der Waals surface area contributed by atoms with Crippen LogP contribution in [-0.4, -0.2) is 10.9 Å². The number of nitrogens with zero attached hydrogens (tertiary/aromatic N) is 1. The van der Waals surface area contributed by atoms with Gasteiger partial charge in [-0.15, -0.1) is 0 Å². The highest BCUT2D eigenvalue weighted by atomic mass is 16.6. The lowest BCUT2D eigenvalue weighted by atomic mass is 10.0. The number of carbonyl (C=O) groups excluding carboxylic acids is 1. The molecule has 5 heteroatoms. The van der Waals surface area contributed by atoms with E-state index in [-0.39, 0.29) is 16.8 Å². The second kappa shape index (κ2) is 3.45. The fourth-order valence-electron chi connectivity index (χ4n) is 1.35. The summed E-state index contributed by atoms with van der Waals surface area (Å²) in [6, 6.07) is 2.69. The number of carbonyl (C=O) groups is 1. The first kappa shape index (κ1) is 10.2. The molecule has 0 amide bonds. The minimum atomic E-state index is -1.39. The Bertz CT molecular complexity index is 412. The van der Waals surface area contributed by atoms with Gasteiger partial charge in [0, 0.05) is 17.2 Å². The van der Waals surface area contributed by atoms with E-state index in [0.29, 0.717) is 5.56 Å². The van der Waals surface area contributed by atoms with Crippen molar-refractivity contribution in [2.75, 3.05) is 0 Å². The van der Waals surface area contributed by atoms with E-state index in [2.05, 4.69) is 0 Å². The van der Waals surface area contributed by atoms with Crippen molar-refractivity contribution in [2.45, 2.75) is 13.8 Å². The Balaban J connectivity index is 3.49. The molecular formula is C9H8NO4-. The predicted molar refractivity (Wildman–Crippen MR) is 46.9 cm³/mol. The Morgan fingerprint density at radius 3 is 2.36 bits per heavy atom. The molecule has 0 aliphatic carbocycles. The van der Waals surface area contributed by atoms with Crippen LogP contribution in [-0.2, 0) is 0 Å². The van der Waals surface area contributed by atoms with E-state index < -0.39 is 10.9 Å². The molecule has 0 bridgehead atoms. The largest absolute Gasteiger partial charge is 0.545 e. The van der Waals surface area contributed by atoms with Crippen LogP contribution < -0.4 is 5.11 Å². The van der Waals surface area contributed by atoms with Gasteiger partial charge >= 0.3 is 0 Å². The molecule has 0 heterocycles. The van der Waals surface area contributed by atoms with Crippen molar-refractivity contribution in [2.24, 2.45) is 0 Å². The molecular weight excluding hydrogens is 186 g/mol. The third kappa shape index (κ3) is 1.56. The number of rotatable bonds is 2. The maximum Gasteiger partial charge on any atom is 0.272 e. The number of nitro groups is 1. The highest BCUT2D eigenvalue weighted by Gasteiger charge is 2.15. The summed E-state index contributed by atoms with van der Waals surface area (Å²) >= 11 is 0. The number of carboxylic acids is 1. The average molecular weight is 194 g/mol. The summed E-state index contributed by atoms with van der Waals surface area (Å²) in [5.74, 6) is -1.39. The molecule has 0 saturated heterocycles. The topological polar surface area (TPSA) is 83.3 Å². The van der Waals surface area contributed by atoms with E-state index in [0.717, 1.165) is 0 Å². The first-order valence-corrected chi connectivity index (χ1v) is 3.91. The van der Waals surface area contributed by atoms with Crippen molar-refractivity contribution in [1.29, 1.82) is 0 Å². The normalized spacial score (nSPS) is 9.86. The van der Waals surface area contributed by atoms with Crippen LogP contribution in [0.5, 0.6) is 0 Å². The Morgan fingerprint density at radius 1 is 1.36 bits per heavy atom. The van der Waals surface area contributed by atoms with E-state index in [1.54, 1.807) is 6.92 Å². The summed E-state index contributed by atoms with van der Waals surface area (Å²) in [4.78, 5) is 20.6. The van der Waals surface area contributed by atoms with Gasteiger partial charge in [-0.05, 0) is 19.4 Å². The van der Waals surface area contributed by atoms with Crippen LogP contribution in [0.25, 0.3) is 0 Å². The van der Waals surface area contributed by atoms with Crippen molar-refractivity contribution >= 4 is 11.7 Å². The lowest BCUT2D eigenvalue weighted by molar-refractivity contribution is -0.385. The quantitative estimate of drug-likeness (QED) is 0.509. The van der Waals surface area contributed by atoms with E-state index in [1.165, 1.54) is 19.1 Å². The Hall–Kier alpha value is -1.91. The minimum Gasteiger partial charge on any atom is -0.545 e. The zero-order chi connectivity index (χ0) is 10.9. The van der Waals surface area contributed by atoms with E-state index >= 15 is 0 Å². The highest BCUT2D eigenvalue weighted by molar-refractivity contribution is 5.90. The van der Waals surface area contributed by atoms with Gasteiger partial charge in [0.25, 0.3) is 5.69 Å². The molecule has 14 heavy (non-hydrogen) atoms. The summed E-state index contributed by atoms with van der Waals surface area (Å²) < 4.78 is 0. The van der Waals surface area contributed by atoms with E-state index in [1.807, 2.05) is 0 Å². The molecule has 5 nitrogen and oxygen atoms in total. The van der Waals surface area contributed by atoms with Crippen LogP contribution in [0.4, 0.5) is 5.69 Å². The Labute approximate surface area is 80.1 Å². The molecule has 0 N–H and O–H groups in total. The SMILES string of the molecule is Cc1ccc([N+](=O)[O-])c(C)c1C(=O)[O-]. The van der Waals surface area contributed by atoms with Gasteiger partial charge in [-0.25, -0.2) is 0 Å². The number of hydrogen-bond acceptors (Lipinski definition) is 4. The number of benzene rings is 1. The molecule has 1 rings (SSSR count). The second-order valence-corrected chi connectivity index (χ2v) is 2.95. The third-order valence-electron chi connectivity index (χ3n) is 2.05. The van der Waals surface area contributed by atoms with Gasteiger partial charge in [-0.3, -0.25) is 10.1 Å². The number of aryl methyl sites for hydroxylation is 1. The molecule has 0 aliphatic heterocycles. The molecule has 0 aliphatic rings. The number of aromatic carboxylic acids is 1. The molecule has 0 radical (unpaired) electrons. The fourth-order valence-corrected chi connectivity index (χ4v) is 1.35. The van der Waals surface area contributed by atoms with Crippen LogP contribution in [0.1, 0.15) is 21.5 Å². The molecule has 0 fully saturated rings. The smallest absolute Gasteiger partial charge is 0.272 e. The van der Waals surface area contributed by atoms with Gasteiger partial charge in [0.05, 0.1) is 10.9 Å². The van der Waals surface area contributed by atoms with Gasteiger partial charge in [-0.2, -0.15) is 0 Å². The van der Waals surface area contributed by atoms with Gasteiger partial charge in [0.15, 0.2) is 0 Å². The van der Waals surface area contributed by atoms with Crippen LogP contribution in [0, 0.1) is 24.0 Å². The van der Waals surface area contributed by atoms with Gasteiger partial charge in [0.1, 0.15) is 0 Å². The maximum atomic E-state index is 10.7. The van der Waals surface area contributed by atoms with Crippen molar-refractivity contribution in [3.63, 3.8) is 0 Å². The maximum absolute atomic E-state index is 10.7. The lowest BCUT2D eigenvalue weighted by Gasteiger charge is -2.10. The Morgan fingerprint density at radius 2 is 1.93 bits per heavy atom. The van der Waals surface area contributed by atoms with Gasteiger partial charge < -0.3 is 9.90 Å². The third-order valence-corrected chi connectivity index (χ3v) is 2.05. The molecule has 0 atom stereocenters. The zero-order valence-corrected chi connectivity index (χ0v) is 7.73. The van der Waals surface area contributed by atoms with Crippen molar-refractivity contribution in [3.8, 4) is 0 Å². The van der Waals surface area contributed by atoms with Crippen LogP contribution >= 0.6 is 0 Å². The first-order chi connectivity index (χ1) is 6.45. The molecule has 0 spiro atoms. The summed E-state index contributed by atoms with van der Waals surface area (Å²) in [5, 5.41) is 21.2. The van der Waals surface area contributed by atoms with Crippen molar-refractivity contribution in [1.82, 2.24) is 0 Å². The van der Waals surface area contributed by atoms with Crippen molar-refractivity contribution < 1.29 is 14.8 Å². The van der Waals surface area contributed by atoms with Crippen LogP contribution in [0.15, 0.2) is 12.1 Å². The molecule has 74 valence electrons. The van der Waals surface area contributed by atoms with Gasteiger partial charge in [0.2, 0.25) is 0 Å². The summed E-state index contributed by atoms with van der Waals surface area (Å²) in [7, 11) is 0. The van der Waals surface area contributed by atoms with Crippen LogP contribution in [0.3, 0.4) is 0 Å². The van der Waals surface area contributed by atoms with E-state index in [9.17, 15) is 20.0 Å². The summed E-state index contributed by atoms with van der Waals surface area (Å²) in [6.45, 7) is 2.97. The summed E-state index contributed by atoms with van der Waals surface area (Å²) in [5.41, 5.74) is 0.303. The molecule has 0 aromatic heterocycles. The molecule has 0 unspecified atom stereocenters. The monoisotopic (exact) mass is 194 g/mol. The van der Waals surface area contributed by atoms with Crippen LogP contribution in [0.2, 0.25) is 0 Å². The second-order valence-electron chi connectivity index (χ2n) is 2.95. The standard InChI is InChI=1S/C9H9NO4/c1-5-3-4-7(10(13)14)6(2)8(5)9(11)12/h3-4H,1-2H3,(H,11,12)/p-1. The molecule has 1 aromatic rings. The molecule has 1 aromatic carbocycles. The number of hydrogen-bond donors (Lipinski definition) is 0. The minimum absolute atomic E-state index is 0.0980. The summed E-state index contributed by atoms with van der Waals surface area (Å²) in [6.07, 6.45) is 0. The van der Waals surface area contributed by atoms with E-state index in [4.69, 9.17) is 0 Å².